The maximum atomic E-state index is 13.4. The fourth-order valence-electron chi connectivity index (χ4n) is 5.47. The van der Waals surface area contributed by atoms with Crippen molar-refractivity contribution in [1.82, 2.24) is 20.5 Å². The first-order valence-electron chi connectivity index (χ1n) is 13.3. The fraction of sp³-hybridized carbons (Fsp3) is 0.517. The molecular weight excluding hydrogens is 482 g/mol. The molecule has 3 N–H and O–H groups in total. The van der Waals surface area contributed by atoms with Gasteiger partial charge in [-0.25, -0.2) is 0 Å². The monoisotopic (exact) mass is 521 g/mol. The predicted octanol–water partition coefficient (Wildman–Crippen LogP) is 4.51. The van der Waals surface area contributed by atoms with Crippen LogP contribution in [0.15, 0.2) is 42.7 Å². The average molecular weight is 522 g/mol. The maximum Gasteiger partial charge on any atom is 0.253 e. The number of hydrogen-bond donors (Lipinski definition) is 3. The van der Waals surface area contributed by atoms with Gasteiger partial charge in [-0.15, -0.1) is 0 Å². The van der Waals surface area contributed by atoms with Gasteiger partial charge in [0.15, 0.2) is 5.96 Å². The molecule has 0 radical (unpaired) electrons. The number of fused-ring (bicyclic) bond motifs is 1. The number of nitrogens with zero attached hydrogens (tertiary/aromatic N) is 2. The number of rotatable bonds is 9. The van der Waals surface area contributed by atoms with Gasteiger partial charge in [0.1, 0.15) is 11.4 Å². The summed E-state index contributed by atoms with van der Waals surface area (Å²) in [7, 11) is 1.60. The summed E-state index contributed by atoms with van der Waals surface area (Å²) in [5.74, 6) is 0.471. The molecule has 0 spiro atoms. The van der Waals surface area contributed by atoms with Crippen LogP contribution in [0.25, 0.3) is 0 Å². The number of pyridine rings is 1. The third-order valence-corrected chi connectivity index (χ3v) is 7.73. The molecule has 1 fully saturated rings. The van der Waals surface area contributed by atoms with Gasteiger partial charge >= 0.3 is 0 Å². The molecule has 3 heterocycles. The SMILES string of the molecule is CCC1(CC)CC(=O)N(C(CCOC)c2cncc(C(=O)N[C@H]3CC(C)(C)Oc4ccccc43)c2)C(=N)N1. The van der Waals surface area contributed by atoms with E-state index in [1.54, 1.807) is 19.4 Å². The maximum absolute atomic E-state index is 13.4. The highest BCUT2D eigenvalue weighted by Gasteiger charge is 2.42. The molecule has 0 saturated carbocycles. The smallest absolute Gasteiger partial charge is 0.253 e. The summed E-state index contributed by atoms with van der Waals surface area (Å²) in [5, 5.41) is 15.2. The summed E-state index contributed by atoms with van der Waals surface area (Å²) >= 11 is 0. The van der Waals surface area contributed by atoms with Crippen molar-refractivity contribution in [3.8, 4) is 5.75 Å². The second kappa shape index (κ2) is 11.1. The first-order valence-corrected chi connectivity index (χ1v) is 13.3. The Morgan fingerprint density at radius 3 is 2.71 bits per heavy atom. The Morgan fingerprint density at radius 2 is 2.03 bits per heavy atom. The Balaban J connectivity index is 1.59. The molecule has 2 aromatic rings. The zero-order chi connectivity index (χ0) is 27.5. The Bertz CT molecular complexity index is 1170. The van der Waals surface area contributed by atoms with E-state index in [-0.39, 0.29) is 23.8 Å². The number of hydrogen-bond acceptors (Lipinski definition) is 6. The van der Waals surface area contributed by atoms with Crippen molar-refractivity contribution in [1.29, 1.82) is 5.41 Å². The van der Waals surface area contributed by atoms with Crippen LogP contribution in [0, 0.1) is 5.41 Å². The lowest BCUT2D eigenvalue weighted by Gasteiger charge is -2.44. The highest BCUT2D eigenvalue weighted by atomic mass is 16.5. The zero-order valence-electron chi connectivity index (χ0n) is 23.0. The first-order chi connectivity index (χ1) is 18.1. The number of para-hydroxylation sites is 1. The molecule has 0 aliphatic carbocycles. The number of carbonyl (C=O) groups is 2. The van der Waals surface area contributed by atoms with Crippen LogP contribution in [0.2, 0.25) is 0 Å². The van der Waals surface area contributed by atoms with E-state index in [1.165, 1.54) is 11.1 Å². The van der Waals surface area contributed by atoms with E-state index in [1.807, 2.05) is 52.0 Å². The summed E-state index contributed by atoms with van der Waals surface area (Å²) in [6, 6.07) is 8.81. The van der Waals surface area contributed by atoms with Crippen LogP contribution in [-0.4, -0.2) is 52.5 Å². The van der Waals surface area contributed by atoms with E-state index in [9.17, 15) is 9.59 Å². The van der Waals surface area contributed by atoms with Gasteiger partial charge in [-0.2, -0.15) is 0 Å². The van der Waals surface area contributed by atoms with Gasteiger partial charge in [-0.1, -0.05) is 32.0 Å². The molecule has 2 aliphatic rings. The molecule has 9 heteroatoms. The minimum absolute atomic E-state index is 0.0713. The van der Waals surface area contributed by atoms with E-state index in [0.717, 1.165) is 24.2 Å². The Labute approximate surface area is 224 Å². The third-order valence-electron chi connectivity index (χ3n) is 7.73. The molecule has 1 unspecified atom stereocenters. The molecular formula is C29H39N5O4. The van der Waals surface area contributed by atoms with E-state index in [4.69, 9.17) is 14.9 Å². The second-order valence-corrected chi connectivity index (χ2v) is 10.8. The van der Waals surface area contributed by atoms with E-state index < -0.39 is 17.2 Å². The molecule has 0 bridgehead atoms. The van der Waals surface area contributed by atoms with Gasteiger partial charge in [0.05, 0.1) is 24.1 Å². The third kappa shape index (κ3) is 5.67. The lowest BCUT2D eigenvalue weighted by molar-refractivity contribution is -0.133. The molecule has 204 valence electrons. The molecule has 1 aromatic carbocycles. The molecule has 2 aliphatic heterocycles. The lowest BCUT2D eigenvalue weighted by atomic mass is 9.86. The molecule has 1 aromatic heterocycles. The number of carbonyl (C=O) groups excluding carboxylic acids is 2. The number of amides is 2. The number of guanidine groups is 1. The molecule has 9 nitrogen and oxygen atoms in total. The number of methoxy groups -OCH3 is 1. The second-order valence-electron chi connectivity index (χ2n) is 10.8. The van der Waals surface area contributed by atoms with Gasteiger partial charge in [0.25, 0.3) is 5.91 Å². The zero-order valence-corrected chi connectivity index (χ0v) is 23.0. The minimum atomic E-state index is -0.489. The number of ether oxygens (including phenoxy) is 2. The van der Waals surface area contributed by atoms with Crippen molar-refractivity contribution in [2.24, 2.45) is 0 Å². The van der Waals surface area contributed by atoms with Gasteiger partial charge < -0.3 is 20.1 Å². The van der Waals surface area contributed by atoms with Crippen LogP contribution in [0.5, 0.6) is 5.75 Å². The first kappa shape index (κ1) is 27.6. The van der Waals surface area contributed by atoms with Gasteiger partial charge in [-0.05, 0) is 50.8 Å². The van der Waals surface area contributed by atoms with E-state index in [0.29, 0.717) is 37.0 Å². The van der Waals surface area contributed by atoms with Gasteiger partial charge in [-0.3, -0.25) is 24.9 Å². The van der Waals surface area contributed by atoms with E-state index in [2.05, 4.69) is 15.6 Å². The molecule has 2 amide bonds. The van der Waals surface area contributed by atoms with E-state index >= 15 is 0 Å². The summed E-state index contributed by atoms with van der Waals surface area (Å²) < 4.78 is 11.4. The predicted molar refractivity (Wildman–Crippen MR) is 145 cm³/mol. The van der Waals surface area contributed by atoms with Crippen molar-refractivity contribution >= 4 is 17.8 Å². The van der Waals surface area contributed by atoms with Crippen molar-refractivity contribution in [2.75, 3.05) is 13.7 Å². The van der Waals surface area contributed by atoms with Crippen molar-refractivity contribution in [3.05, 3.63) is 59.4 Å². The van der Waals surface area contributed by atoms with Crippen LogP contribution >= 0.6 is 0 Å². The molecule has 4 rings (SSSR count). The molecule has 38 heavy (non-hydrogen) atoms. The van der Waals surface area contributed by atoms with Crippen molar-refractivity contribution < 1.29 is 19.1 Å². The molecule has 1 saturated heterocycles. The summed E-state index contributed by atoms with van der Waals surface area (Å²) in [4.78, 5) is 32.6. The number of nitrogens with one attached hydrogen (secondary N) is 3. The van der Waals surface area contributed by atoms with Crippen LogP contribution in [-0.2, 0) is 9.53 Å². The van der Waals surface area contributed by atoms with Gasteiger partial charge in [0.2, 0.25) is 5.91 Å². The summed E-state index contributed by atoms with van der Waals surface area (Å²) in [6.07, 6.45) is 6.08. The minimum Gasteiger partial charge on any atom is -0.487 e. The topological polar surface area (TPSA) is 117 Å². The summed E-state index contributed by atoms with van der Waals surface area (Å²) in [5.41, 5.74) is 1.18. The largest absolute Gasteiger partial charge is 0.487 e. The van der Waals surface area contributed by atoms with Crippen LogP contribution < -0.4 is 15.4 Å². The van der Waals surface area contributed by atoms with Gasteiger partial charge in [0, 0.05) is 43.6 Å². The number of benzene rings is 1. The summed E-state index contributed by atoms with van der Waals surface area (Å²) in [6.45, 7) is 8.46. The normalized spacial score (nSPS) is 20.7. The van der Waals surface area contributed by atoms with Crippen LogP contribution in [0.1, 0.15) is 93.4 Å². The fourth-order valence-corrected chi connectivity index (χ4v) is 5.47. The Hall–Kier alpha value is -3.46. The Morgan fingerprint density at radius 1 is 1.29 bits per heavy atom. The average Bonchev–Trinajstić information content (AvgIpc) is 2.89. The highest BCUT2D eigenvalue weighted by Crippen LogP contribution is 2.39. The molecule has 2 atom stereocenters. The quantitative estimate of drug-likeness (QED) is 0.447. The van der Waals surface area contributed by atoms with Crippen molar-refractivity contribution in [2.45, 2.75) is 83.0 Å². The number of aromatic nitrogens is 1. The Kier molecular flexibility index (Phi) is 8.06. The standard InChI is InChI=1S/C29H39N5O4/c1-6-29(7-2)16-25(35)34(27(30)33-29)23(12-13-37-5)19-14-20(18-31-17-19)26(36)32-22-15-28(3,4)38-24-11-9-8-10-21(22)24/h8-11,14,17-18,22-23H,6-7,12-13,15-16H2,1-5H3,(H2,30,33)(H,32,36)/t22-,23?/m0/s1. The van der Waals surface area contributed by atoms with Crippen molar-refractivity contribution in [3.63, 3.8) is 0 Å². The van der Waals surface area contributed by atoms with Crippen LogP contribution in [0.4, 0.5) is 0 Å². The van der Waals surface area contributed by atoms with Crippen LogP contribution in [0.3, 0.4) is 0 Å². The lowest BCUT2D eigenvalue weighted by Crippen LogP contribution is -2.62. The highest BCUT2D eigenvalue weighted by molar-refractivity contribution is 6.00.